The summed E-state index contributed by atoms with van der Waals surface area (Å²) in [6.07, 6.45) is -2.41. The van der Waals surface area contributed by atoms with Gasteiger partial charge in [0.1, 0.15) is 17.4 Å². The van der Waals surface area contributed by atoms with Crippen LogP contribution in [-0.2, 0) is 0 Å². The minimum atomic E-state index is -1.29. The van der Waals surface area contributed by atoms with E-state index in [0.29, 0.717) is 11.1 Å². The Morgan fingerprint density at radius 1 is 1.12 bits per heavy atom. The molecule has 126 valence electrons. The zero-order valence-corrected chi connectivity index (χ0v) is 13.1. The summed E-state index contributed by atoms with van der Waals surface area (Å²) in [6, 6.07) is 4.54. The Hall–Kier alpha value is -2.90. The zero-order chi connectivity index (χ0) is 17.6. The Kier molecular flexibility index (Phi) is 2.53. The number of hydrogen-bond donors (Lipinski definition) is 5. The van der Waals surface area contributed by atoms with Gasteiger partial charge in [-0.2, -0.15) is 5.10 Å². The number of aromatic nitrogens is 2. The Bertz CT molecular complexity index is 1100. The minimum absolute atomic E-state index is 0.114. The summed E-state index contributed by atoms with van der Waals surface area (Å²) in [5, 5.41) is 49.4. The number of rotatable bonds is 0. The number of nitrogens with one attached hydrogen (secondary N) is 1. The van der Waals surface area contributed by atoms with Gasteiger partial charge in [-0.3, -0.25) is 9.89 Å². The SMILES string of the molecule is CC1c2[nH]nc3c(O)c4c(c(c23)C(O)C1O)C(=O)c1cccc(O)c1-4. The Morgan fingerprint density at radius 3 is 2.64 bits per heavy atom. The van der Waals surface area contributed by atoms with Gasteiger partial charge in [0, 0.05) is 44.8 Å². The number of aromatic hydroxyl groups is 2. The number of aliphatic hydroxyl groups is 2. The first-order valence-electron chi connectivity index (χ1n) is 7.93. The first-order chi connectivity index (χ1) is 11.9. The molecule has 1 heterocycles. The Labute approximate surface area is 141 Å². The Morgan fingerprint density at radius 2 is 1.88 bits per heavy atom. The molecule has 3 unspecified atom stereocenters. The number of benzene rings is 2. The molecule has 0 amide bonds. The summed E-state index contributed by atoms with van der Waals surface area (Å²) in [5.41, 5.74) is 1.77. The molecule has 25 heavy (non-hydrogen) atoms. The van der Waals surface area contributed by atoms with Crippen LogP contribution >= 0.6 is 0 Å². The number of carbonyl (C=O) groups excluding carboxylic acids is 1. The monoisotopic (exact) mass is 338 g/mol. The molecule has 5 rings (SSSR count). The largest absolute Gasteiger partial charge is 0.507 e. The minimum Gasteiger partial charge on any atom is -0.507 e. The molecule has 0 saturated heterocycles. The van der Waals surface area contributed by atoms with Crippen LogP contribution in [-0.4, -0.2) is 42.5 Å². The summed E-state index contributed by atoms with van der Waals surface area (Å²) < 4.78 is 0. The average molecular weight is 338 g/mol. The van der Waals surface area contributed by atoms with Crippen LogP contribution in [0.4, 0.5) is 0 Å². The molecule has 2 aliphatic carbocycles. The van der Waals surface area contributed by atoms with E-state index in [9.17, 15) is 25.2 Å². The van der Waals surface area contributed by atoms with Crippen LogP contribution in [0.15, 0.2) is 18.2 Å². The van der Waals surface area contributed by atoms with Crippen LogP contribution in [0, 0.1) is 0 Å². The summed E-state index contributed by atoms with van der Waals surface area (Å²) in [5.74, 6) is -1.19. The second-order valence-electron chi connectivity index (χ2n) is 6.63. The first kappa shape index (κ1) is 14.4. The van der Waals surface area contributed by atoms with Crippen molar-refractivity contribution in [1.29, 1.82) is 0 Å². The van der Waals surface area contributed by atoms with Gasteiger partial charge < -0.3 is 20.4 Å². The predicted molar refractivity (Wildman–Crippen MR) is 87.7 cm³/mol. The van der Waals surface area contributed by atoms with Crippen molar-refractivity contribution in [2.45, 2.75) is 25.0 Å². The van der Waals surface area contributed by atoms with Crippen LogP contribution in [0.1, 0.15) is 46.1 Å². The van der Waals surface area contributed by atoms with Crippen molar-refractivity contribution >= 4 is 16.7 Å². The molecule has 0 spiro atoms. The van der Waals surface area contributed by atoms with Gasteiger partial charge in [-0.05, 0) is 6.07 Å². The third-order valence-corrected chi connectivity index (χ3v) is 5.40. The highest BCUT2D eigenvalue weighted by Gasteiger charge is 2.44. The molecular formula is C18H14N2O5. The van der Waals surface area contributed by atoms with Gasteiger partial charge in [0.25, 0.3) is 0 Å². The molecule has 2 aliphatic rings. The first-order valence-corrected chi connectivity index (χ1v) is 7.93. The molecule has 0 saturated carbocycles. The van der Waals surface area contributed by atoms with Crippen molar-refractivity contribution in [2.24, 2.45) is 0 Å². The van der Waals surface area contributed by atoms with Crippen molar-refractivity contribution in [2.75, 3.05) is 0 Å². The van der Waals surface area contributed by atoms with Crippen molar-refractivity contribution in [1.82, 2.24) is 10.2 Å². The van der Waals surface area contributed by atoms with E-state index in [4.69, 9.17) is 0 Å². The number of aromatic amines is 1. The summed E-state index contributed by atoms with van der Waals surface area (Å²) in [4.78, 5) is 13.0. The molecule has 7 heteroatoms. The molecule has 7 nitrogen and oxygen atoms in total. The normalized spacial score (nSPS) is 23.8. The number of ketones is 1. The second-order valence-corrected chi connectivity index (χ2v) is 6.63. The van der Waals surface area contributed by atoms with Crippen molar-refractivity contribution in [3.05, 3.63) is 40.6 Å². The second kappa shape index (κ2) is 4.38. The van der Waals surface area contributed by atoms with E-state index in [0.717, 1.165) is 0 Å². The van der Waals surface area contributed by atoms with Crippen LogP contribution in [0.5, 0.6) is 11.5 Å². The summed E-state index contributed by atoms with van der Waals surface area (Å²) in [6.45, 7) is 1.73. The van der Waals surface area contributed by atoms with Gasteiger partial charge in [0.05, 0.1) is 6.10 Å². The molecule has 0 bridgehead atoms. The number of carbonyl (C=O) groups is 1. The highest BCUT2D eigenvalue weighted by molar-refractivity contribution is 6.27. The molecule has 0 aliphatic heterocycles. The van der Waals surface area contributed by atoms with Crippen LogP contribution in [0.2, 0.25) is 0 Å². The number of hydrogen-bond acceptors (Lipinski definition) is 6. The maximum absolute atomic E-state index is 13.0. The van der Waals surface area contributed by atoms with E-state index < -0.39 is 23.9 Å². The number of aliphatic hydroxyl groups excluding tert-OH is 2. The average Bonchev–Trinajstić information content (AvgIpc) is 3.15. The van der Waals surface area contributed by atoms with Crippen molar-refractivity contribution in [3.63, 3.8) is 0 Å². The van der Waals surface area contributed by atoms with E-state index in [1.54, 1.807) is 19.1 Å². The highest BCUT2D eigenvalue weighted by atomic mass is 16.3. The van der Waals surface area contributed by atoms with Crippen LogP contribution < -0.4 is 0 Å². The third-order valence-electron chi connectivity index (χ3n) is 5.40. The van der Waals surface area contributed by atoms with Gasteiger partial charge in [-0.25, -0.2) is 0 Å². The lowest BCUT2D eigenvalue weighted by molar-refractivity contribution is 0.00135. The van der Waals surface area contributed by atoms with Crippen molar-refractivity contribution in [3.8, 4) is 22.6 Å². The van der Waals surface area contributed by atoms with E-state index in [-0.39, 0.29) is 44.8 Å². The number of phenols is 2. The molecule has 5 N–H and O–H groups in total. The molecular weight excluding hydrogens is 324 g/mol. The van der Waals surface area contributed by atoms with Gasteiger partial charge in [0.2, 0.25) is 0 Å². The fourth-order valence-corrected chi connectivity index (χ4v) is 4.14. The zero-order valence-electron chi connectivity index (χ0n) is 13.1. The van der Waals surface area contributed by atoms with Gasteiger partial charge in [0.15, 0.2) is 11.5 Å². The van der Waals surface area contributed by atoms with E-state index >= 15 is 0 Å². The number of H-pyrrole nitrogens is 1. The quantitative estimate of drug-likeness (QED) is 0.332. The molecule has 1 aromatic heterocycles. The van der Waals surface area contributed by atoms with Gasteiger partial charge in [-0.15, -0.1) is 0 Å². The smallest absolute Gasteiger partial charge is 0.194 e. The molecule has 3 atom stereocenters. The predicted octanol–water partition coefficient (Wildman–Crippen LogP) is 1.70. The highest BCUT2D eigenvalue weighted by Crippen LogP contribution is 2.55. The number of fused-ring (bicyclic) bond motifs is 4. The Balaban J connectivity index is 2.02. The molecule has 3 aromatic rings. The van der Waals surface area contributed by atoms with E-state index in [2.05, 4.69) is 10.2 Å². The maximum atomic E-state index is 13.0. The summed E-state index contributed by atoms with van der Waals surface area (Å²) in [7, 11) is 0. The summed E-state index contributed by atoms with van der Waals surface area (Å²) >= 11 is 0. The number of phenolic OH excluding ortho intramolecular Hbond substituents is 2. The molecule has 0 fully saturated rings. The maximum Gasteiger partial charge on any atom is 0.194 e. The van der Waals surface area contributed by atoms with Crippen LogP contribution in [0.25, 0.3) is 22.0 Å². The van der Waals surface area contributed by atoms with Crippen LogP contribution in [0.3, 0.4) is 0 Å². The fraction of sp³-hybridized carbons (Fsp3) is 0.222. The lowest BCUT2D eigenvalue weighted by Gasteiger charge is -2.30. The standard InChI is InChI=1S/C18H14N2O5/c1-5-13-12-11(18(25)15(5)22)10-9(17(24)14(12)20-19-13)8-6(16(10)23)3-2-4-7(8)21/h2-5,15,18,21-22,24-25H,1H3,(H,19,20). The molecule has 2 aromatic carbocycles. The number of nitrogens with zero attached hydrogens (tertiary/aromatic N) is 1. The van der Waals surface area contributed by atoms with Gasteiger partial charge in [-0.1, -0.05) is 19.1 Å². The third kappa shape index (κ3) is 1.48. The topological polar surface area (TPSA) is 127 Å². The lowest BCUT2D eigenvalue weighted by Crippen LogP contribution is -2.30. The van der Waals surface area contributed by atoms with Gasteiger partial charge >= 0.3 is 0 Å². The van der Waals surface area contributed by atoms with Crippen molar-refractivity contribution < 1.29 is 25.2 Å². The fourth-order valence-electron chi connectivity index (χ4n) is 4.14. The molecule has 0 radical (unpaired) electrons. The van der Waals surface area contributed by atoms with E-state index in [1.807, 2.05) is 0 Å². The van der Waals surface area contributed by atoms with E-state index in [1.165, 1.54) is 6.07 Å². The lowest BCUT2D eigenvalue weighted by atomic mass is 9.79.